The number of fused-ring (bicyclic) bond motifs is 1. The minimum atomic E-state index is -1.41. The van der Waals surface area contributed by atoms with Crippen molar-refractivity contribution in [1.82, 2.24) is 0 Å². The predicted molar refractivity (Wildman–Crippen MR) is 86.2 cm³/mol. The fourth-order valence-electron chi connectivity index (χ4n) is 2.29. The normalized spacial score (nSPS) is 10.7. The standard InChI is InChI=1S/C18H14O6/c19-17(20)15-16(13-8-4-5-9-14(13)24-18(15)21)23-11-22-10-12-6-2-1-3-7-12/h1-9H,10-11H2,(H,19,20). The van der Waals surface area contributed by atoms with Crippen LogP contribution in [0.5, 0.6) is 5.75 Å². The van der Waals surface area contributed by atoms with Gasteiger partial charge in [0.15, 0.2) is 18.1 Å². The van der Waals surface area contributed by atoms with E-state index in [9.17, 15) is 14.7 Å². The number of aromatic carboxylic acids is 1. The molecule has 0 amide bonds. The molecule has 0 fully saturated rings. The lowest BCUT2D eigenvalue weighted by Crippen LogP contribution is -2.17. The first-order valence-corrected chi connectivity index (χ1v) is 7.20. The van der Waals surface area contributed by atoms with Gasteiger partial charge in [0.05, 0.1) is 12.0 Å². The molecular weight excluding hydrogens is 312 g/mol. The summed E-state index contributed by atoms with van der Waals surface area (Å²) in [6, 6.07) is 16.0. The van der Waals surface area contributed by atoms with Crippen molar-refractivity contribution in [3.63, 3.8) is 0 Å². The van der Waals surface area contributed by atoms with Crippen molar-refractivity contribution >= 4 is 16.9 Å². The summed E-state index contributed by atoms with van der Waals surface area (Å²) in [5.41, 5.74) is -0.293. The summed E-state index contributed by atoms with van der Waals surface area (Å²) in [6.07, 6.45) is 0. The van der Waals surface area contributed by atoms with Crippen LogP contribution in [0.4, 0.5) is 0 Å². The van der Waals surface area contributed by atoms with Crippen LogP contribution in [-0.2, 0) is 11.3 Å². The number of ether oxygens (including phenoxy) is 2. The third-order valence-electron chi connectivity index (χ3n) is 3.38. The zero-order valence-electron chi connectivity index (χ0n) is 12.6. The van der Waals surface area contributed by atoms with Gasteiger partial charge in [-0.1, -0.05) is 42.5 Å². The molecule has 0 saturated carbocycles. The number of para-hydroxylation sites is 1. The third-order valence-corrected chi connectivity index (χ3v) is 3.38. The van der Waals surface area contributed by atoms with E-state index in [4.69, 9.17) is 13.9 Å². The quantitative estimate of drug-likeness (QED) is 0.426. The highest BCUT2D eigenvalue weighted by Gasteiger charge is 2.21. The van der Waals surface area contributed by atoms with Gasteiger partial charge in [-0.05, 0) is 17.7 Å². The summed E-state index contributed by atoms with van der Waals surface area (Å²) >= 11 is 0. The van der Waals surface area contributed by atoms with Crippen molar-refractivity contribution in [2.75, 3.05) is 6.79 Å². The molecule has 6 nitrogen and oxygen atoms in total. The molecule has 3 rings (SSSR count). The average molecular weight is 326 g/mol. The molecule has 0 radical (unpaired) electrons. The van der Waals surface area contributed by atoms with Gasteiger partial charge >= 0.3 is 11.6 Å². The highest BCUT2D eigenvalue weighted by Crippen LogP contribution is 2.27. The van der Waals surface area contributed by atoms with Crippen molar-refractivity contribution in [1.29, 1.82) is 0 Å². The lowest BCUT2D eigenvalue weighted by Gasteiger charge is -2.11. The number of hydrogen-bond donors (Lipinski definition) is 1. The molecule has 3 aromatic rings. The van der Waals surface area contributed by atoms with Gasteiger partial charge in [0.1, 0.15) is 5.58 Å². The van der Waals surface area contributed by atoms with E-state index in [1.54, 1.807) is 24.3 Å². The van der Waals surface area contributed by atoms with Gasteiger partial charge in [-0.15, -0.1) is 0 Å². The molecule has 0 bridgehead atoms. The van der Waals surface area contributed by atoms with Gasteiger partial charge in [-0.25, -0.2) is 9.59 Å². The van der Waals surface area contributed by atoms with E-state index in [2.05, 4.69) is 0 Å². The van der Waals surface area contributed by atoms with Gasteiger partial charge in [-0.2, -0.15) is 0 Å². The second kappa shape index (κ2) is 6.97. The van der Waals surface area contributed by atoms with Crippen LogP contribution in [0.1, 0.15) is 15.9 Å². The molecule has 0 atom stereocenters. The predicted octanol–water partition coefficient (Wildman–Crippen LogP) is 3.04. The van der Waals surface area contributed by atoms with Crippen LogP contribution >= 0.6 is 0 Å². The molecule has 0 unspecified atom stereocenters. The number of rotatable bonds is 6. The number of carbonyl (C=O) groups is 1. The lowest BCUT2D eigenvalue weighted by atomic mass is 10.1. The molecule has 0 aliphatic heterocycles. The van der Waals surface area contributed by atoms with Crippen molar-refractivity contribution in [3.8, 4) is 5.75 Å². The summed E-state index contributed by atoms with van der Waals surface area (Å²) < 4.78 is 15.9. The lowest BCUT2D eigenvalue weighted by molar-refractivity contribution is 0.00490. The Morgan fingerprint density at radius 1 is 1.04 bits per heavy atom. The summed E-state index contributed by atoms with van der Waals surface area (Å²) in [5.74, 6) is -1.46. The van der Waals surface area contributed by atoms with Crippen LogP contribution in [0.25, 0.3) is 11.0 Å². The van der Waals surface area contributed by atoms with Gasteiger partial charge < -0.3 is 19.0 Å². The van der Waals surface area contributed by atoms with Gasteiger partial charge in [0, 0.05) is 0 Å². The van der Waals surface area contributed by atoms with Crippen LogP contribution in [-0.4, -0.2) is 17.9 Å². The second-order valence-electron chi connectivity index (χ2n) is 4.99. The van der Waals surface area contributed by atoms with Crippen molar-refractivity contribution in [2.45, 2.75) is 6.61 Å². The molecule has 6 heteroatoms. The van der Waals surface area contributed by atoms with E-state index < -0.39 is 17.2 Å². The van der Waals surface area contributed by atoms with E-state index >= 15 is 0 Å². The number of carboxylic acid groups (broad SMARTS) is 1. The smallest absolute Gasteiger partial charge is 0.354 e. The fraction of sp³-hybridized carbons (Fsp3) is 0.111. The van der Waals surface area contributed by atoms with Crippen molar-refractivity contribution in [3.05, 3.63) is 76.1 Å². The molecule has 1 aromatic heterocycles. The Balaban J connectivity index is 1.83. The molecule has 2 aromatic carbocycles. The average Bonchev–Trinajstić information content (AvgIpc) is 2.58. The Kier molecular flexibility index (Phi) is 4.58. The van der Waals surface area contributed by atoms with Gasteiger partial charge in [-0.3, -0.25) is 0 Å². The molecule has 1 N–H and O–H groups in total. The van der Waals surface area contributed by atoms with Crippen molar-refractivity contribution in [2.24, 2.45) is 0 Å². The van der Waals surface area contributed by atoms with E-state index in [1.165, 1.54) is 0 Å². The molecule has 0 saturated heterocycles. The van der Waals surface area contributed by atoms with Crippen LogP contribution in [0.2, 0.25) is 0 Å². The molecular formula is C18H14O6. The Labute approximate surface area is 136 Å². The number of carboxylic acids is 1. The van der Waals surface area contributed by atoms with E-state index in [0.717, 1.165) is 5.56 Å². The first-order valence-electron chi connectivity index (χ1n) is 7.20. The monoisotopic (exact) mass is 326 g/mol. The Morgan fingerprint density at radius 3 is 2.50 bits per heavy atom. The van der Waals surface area contributed by atoms with Crippen molar-refractivity contribution < 1.29 is 23.8 Å². The maximum Gasteiger partial charge on any atom is 0.354 e. The first kappa shape index (κ1) is 15.8. The van der Waals surface area contributed by atoms with Crippen LogP contribution in [0.3, 0.4) is 0 Å². The van der Waals surface area contributed by atoms with Gasteiger partial charge in [0.25, 0.3) is 0 Å². The molecule has 0 aliphatic rings. The molecule has 1 heterocycles. The number of benzene rings is 2. The highest BCUT2D eigenvalue weighted by molar-refractivity contribution is 5.97. The first-order chi connectivity index (χ1) is 11.7. The molecule has 24 heavy (non-hydrogen) atoms. The Bertz CT molecular complexity index is 914. The van der Waals surface area contributed by atoms with E-state index in [1.807, 2.05) is 30.3 Å². The summed E-state index contributed by atoms with van der Waals surface area (Å²) in [7, 11) is 0. The fourth-order valence-corrected chi connectivity index (χ4v) is 2.29. The largest absolute Gasteiger partial charge is 0.477 e. The maximum atomic E-state index is 11.9. The Hall–Kier alpha value is -3.12. The SMILES string of the molecule is O=C(O)c1c(OCOCc2ccccc2)c2ccccc2oc1=O. The molecule has 122 valence electrons. The summed E-state index contributed by atoms with van der Waals surface area (Å²) in [4.78, 5) is 23.2. The summed E-state index contributed by atoms with van der Waals surface area (Å²) in [5, 5.41) is 9.66. The third kappa shape index (κ3) is 3.28. The molecule has 0 spiro atoms. The zero-order valence-corrected chi connectivity index (χ0v) is 12.6. The van der Waals surface area contributed by atoms with E-state index in [0.29, 0.717) is 12.0 Å². The molecule has 0 aliphatic carbocycles. The summed E-state index contributed by atoms with van der Waals surface area (Å²) in [6.45, 7) is 0.116. The topological polar surface area (TPSA) is 86.0 Å². The highest BCUT2D eigenvalue weighted by atomic mass is 16.7. The zero-order chi connectivity index (χ0) is 16.9. The second-order valence-corrected chi connectivity index (χ2v) is 4.99. The Morgan fingerprint density at radius 2 is 1.75 bits per heavy atom. The van der Waals surface area contributed by atoms with E-state index in [-0.39, 0.29) is 18.1 Å². The van der Waals surface area contributed by atoms with Crippen LogP contribution in [0, 0.1) is 0 Å². The van der Waals surface area contributed by atoms with Crippen LogP contribution in [0.15, 0.2) is 63.8 Å². The minimum Gasteiger partial charge on any atom is -0.477 e. The maximum absolute atomic E-state index is 11.9. The van der Waals surface area contributed by atoms with Gasteiger partial charge in [0.2, 0.25) is 0 Å². The number of hydrogen-bond acceptors (Lipinski definition) is 5. The minimum absolute atomic E-state index is 0.0533. The van der Waals surface area contributed by atoms with Crippen LogP contribution < -0.4 is 10.4 Å².